The molecule has 2 N–H and O–H groups in total. The van der Waals surface area contributed by atoms with Crippen LogP contribution in [0.25, 0.3) is 0 Å². The topological polar surface area (TPSA) is 24.1 Å². The van der Waals surface area contributed by atoms with E-state index in [1.165, 1.54) is 22.4 Å². The van der Waals surface area contributed by atoms with Crippen molar-refractivity contribution in [3.8, 4) is 0 Å². The second-order valence-corrected chi connectivity index (χ2v) is 3.93. The van der Waals surface area contributed by atoms with Crippen molar-refractivity contribution in [3.63, 3.8) is 0 Å². The number of halogens is 1. The van der Waals surface area contributed by atoms with E-state index in [1.807, 2.05) is 0 Å². The van der Waals surface area contributed by atoms with Crippen LogP contribution in [0.1, 0.15) is 16.7 Å². The van der Waals surface area contributed by atoms with Crippen LogP contribution in [0.4, 0.5) is 5.69 Å². The van der Waals surface area contributed by atoms with Crippen molar-refractivity contribution < 1.29 is 0 Å². The van der Waals surface area contributed by atoms with E-state index < -0.39 is 0 Å². The molecule has 1 aliphatic rings. The number of hydrazine groups is 1. The molecule has 1 aromatic carbocycles. The maximum atomic E-state index is 3.50. The van der Waals surface area contributed by atoms with Gasteiger partial charge in [-0.15, -0.1) is 0 Å². The molecule has 0 amide bonds. The van der Waals surface area contributed by atoms with Crippen molar-refractivity contribution in [2.45, 2.75) is 18.7 Å². The molecule has 0 spiro atoms. The van der Waals surface area contributed by atoms with Gasteiger partial charge in [-0.05, 0) is 36.1 Å². The Bertz CT molecular complexity index is 323. The van der Waals surface area contributed by atoms with E-state index in [4.69, 9.17) is 0 Å². The third-order valence-electron chi connectivity index (χ3n) is 2.45. The van der Waals surface area contributed by atoms with Crippen molar-refractivity contribution in [3.05, 3.63) is 28.8 Å². The number of rotatable bonds is 1. The number of nitrogens with one attached hydrogen (secondary N) is 2. The summed E-state index contributed by atoms with van der Waals surface area (Å²) in [7, 11) is 0. The average molecular weight is 241 g/mol. The van der Waals surface area contributed by atoms with Crippen molar-refractivity contribution >= 4 is 21.6 Å². The summed E-state index contributed by atoms with van der Waals surface area (Å²) in [5, 5.41) is 0.944. The van der Waals surface area contributed by atoms with E-state index >= 15 is 0 Å². The first-order valence-corrected chi connectivity index (χ1v) is 5.60. The minimum absolute atomic E-state index is 0.944. The normalized spacial score (nSPS) is 14.9. The molecule has 1 aliphatic heterocycles. The molecule has 2 nitrogen and oxygen atoms in total. The molecule has 1 aromatic rings. The number of hydrogen-bond acceptors (Lipinski definition) is 2. The minimum Gasteiger partial charge on any atom is -0.321 e. The van der Waals surface area contributed by atoms with Crippen molar-refractivity contribution in [1.82, 2.24) is 5.43 Å². The Morgan fingerprint density at radius 1 is 1.46 bits per heavy atom. The second-order valence-electron chi connectivity index (χ2n) is 3.37. The molecule has 0 aromatic heterocycles. The maximum absolute atomic E-state index is 3.50. The first kappa shape index (κ1) is 9.03. The van der Waals surface area contributed by atoms with Crippen LogP contribution in [0.3, 0.4) is 0 Å². The van der Waals surface area contributed by atoms with Gasteiger partial charge < -0.3 is 5.43 Å². The number of aryl methyl sites for hydroxylation is 1. The van der Waals surface area contributed by atoms with E-state index in [2.05, 4.69) is 45.8 Å². The standard InChI is InChI=1S/C10H13BrN2/c1-7-4-10-8(2-3-12-13-10)5-9(7)6-11/h4-5,12-13H,2-3,6H2,1H3. The average Bonchev–Trinajstić information content (AvgIpc) is 2.17. The van der Waals surface area contributed by atoms with Crippen molar-refractivity contribution in [1.29, 1.82) is 0 Å². The Morgan fingerprint density at radius 2 is 2.31 bits per heavy atom. The number of anilines is 1. The first-order valence-electron chi connectivity index (χ1n) is 4.48. The van der Waals surface area contributed by atoms with Crippen LogP contribution in [0.15, 0.2) is 12.1 Å². The molecule has 70 valence electrons. The molecule has 0 saturated heterocycles. The predicted molar refractivity (Wildman–Crippen MR) is 59.1 cm³/mol. The lowest BCUT2D eigenvalue weighted by Crippen LogP contribution is -2.29. The highest BCUT2D eigenvalue weighted by molar-refractivity contribution is 9.08. The lowest BCUT2D eigenvalue weighted by Gasteiger charge is -2.20. The van der Waals surface area contributed by atoms with Gasteiger partial charge in [-0.25, -0.2) is 5.43 Å². The van der Waals surface area contributed by atoms with Gasteiger partial charge in [-0.1, -0.05) is 22.0 Å². The Kier molecular flexibility index (Phi) is 2.56. The van der Waals surface area contributed by atoms with Gasteiger partial charge in [0.1, 0.15) is 0 Å². The summed E-state index contributed by atoms with van der Waals surface area (Å²) in [6.45, 7) is 3.16. The predicted octanol–water partition coefficient (Wildman–Crippen LogP) is 2.36. The fourth-order valence-electron chi connectivity index (χ4n) is 1.63. The number of benzene rings is 1. The Balaban J connectivity index is 2.44. The highest BCUT2D eigenvalue weighted by atomic mass is 79.9. The summed E-state index contributed by atoms with van der Waals surface area (Å²) in [6, 6.07) is 4.49. The zero-order chi connectivity index (χ0) is 9.26. The summed E-state index contributed by atoms with van der Waals surface area (Å²) in [4.78, 5) is 0. The number of hydrogen-bond donors (Lipinski definition) is 2. The van der Waals surface area contributed by atoms with Crippen LogP contribution < -0.4 is 10.9 Å². The van der Waals surface area contributed by atoms with Crippen molar-refractivity contribution in [2.75, 3.05) is 12.0 Å². The highest BCUT2D eigenvalue weighted by Gasteiger charge is 2.09. The third-order valence-corrected chi connectivity index (χ3v) is 3.05. The maximum Gasteiger partial charge on any atom is 0.0522 e. The minimum atomic E-state index is 0.944. The lowest BCUT2D eigenvalue weighted by atomic mass is 10.0. The highest BCUT2D eigenvalue weighted by Crippen LogP contribution is 2.24. The number of alkyl halides is 1. The third kappa shape index (κ3) is 1.71. The first-order chi connectivity index (χ1) is 6.31. The zero-order valence-corrected chi connectivity index (χ0v) is 9.24. The van der Waals surface area contributed by atoms with Gasteiger partial charge in [0.05, 0.1) is 5.69 Å². The molecule has 1 heterocycles. The molecule has 0 bridgehead atoms. The molecule has 0 saturated carbocycles. The fraction of sp³-hybridized carbons (Fsp3) is 0.400. The van der Waals surface area contributed by atoms with E-state index in [0.717, 1.165) is 18.3 Å². The smallest absolute Gasteiger partial charge is 0.0522 e. The molecule has 0 radical (unpaired) electrons. The van der Waals surface area contributed by atoms with Crippen LogP contribution >= 0.6 is 15.9 Å². The van der Waals surface area contributed by atoms with Gasteiger partial charge in [0.2, 0.25) is 0 Å². The van der Waals surface area contributed by atoms with Gasteiger partial charge in [0.25, 0.3) is 0 Å². The van der Waals surface area contributed by atoms with Crippen LogP contribution in [0.2, 0.25) is 0 Å². The van der Waals surface area contributed by atoms with Crippen molar-refractivity contribution in [2.24, 2.45) is 0 Å². The van der Waals surface area contributed by atoms with Crippen LogP contribution in [0.5, 0.6) is 0 Å². The largest absolute Gasteiger partial charge is 0.321 e. The second kappa shape index (κ2) is 3.68. The van der Waals surface area contributed by atoms with Gasteiger partial charge in [-0.3, -0.25) is 0 Å². The molecule has 2 rings (SSSR count). The number of fused-ring (bicyclic) bond motifs is 1. The van der Waals surface area contributed by atoms with E-state index in [0.29, 0.717) is 0 Å². The molecular weight excluding hydrogens is 228 g/mol. The molecule has 0 aliphatic carbocycles. The molecule has 0 unspecified atom stereocenters. The summed E-state index contributed by atoms with van der Waals surface area (Å²) >= 11 is 3.50. The SMILES string of the molecule is Cc1cc2c(cc1CBr)CCNN2. The van der Waals surface area contributed by atoms with Gasteiger partial charge >= 0.3 is 0 Å². The Hall–Kier alpha value is -0.540. The quantitative estimate of drug-likeness (QED) is 0.737. The Labute approximate surface area is 86.8 Å². The fourth-order valence-corrected chi connectivity index (χ4v) is 2.23. The summed E-state index contributed by atoms with van der Waals surface area (Å²) < 4.78 is 0. The van der Waals surface area contributed by atoms with E-state index in [1.54, 1.807) is 0 Å². The summed E-state index contributed by atoms with van der Waals surface area (Å²) in [5.41, 5.74) is 11.7. The molecule has 3 heteroatoms. The van der Waals surface area contributed by atoms with Crippen LogP contribution in [-0.4, -0.2) is 6.54 Å². The molecule has 0 fully saturated rings. The lowest BCUT2D eigenvalue weighted by molar-refractivity contribution is 0.746. The van der Waals surface area contributed by atoms with Gasteiger partial charge in [0, 0.05) is 11.9 Å². The van der Waals surface area contributed by atoms with Crippen LogP contribution in [-0.2, 0) is 11.8 Å². The molecule has 0 atom stereocenters. The molecular formula is C10H13BrN2. The molecule has 13 heavy (non-hydrogen) atoms. The zero-order valence-electron chi connectivity index (χ0n) is 7.65. The van der Waals surface area contributed by atoms with Gasteiger partial charge in [0.15, 0.2) is 0 Å². The van der Waals surface area contributed by atoms with Crippen LogP contribution in [0, 0.1) is 6.92 Å². The van der Waals surface area contributed by atoms with E-state index in [9.17, 15) is 0 Å². The Morgan fingerprint density at radius 3 is 3.08 bits per heavy atom. The van der Waals surface area contributed by atoms with E-state index in [-0.39, 0.29) is 0 Å². The monoisotopic (exact) mass is 240 g/mol. The summed E-state index contributed by atoms with van der Waals surface area (Å²) in [5.74, 6) is 0. The van der Waals surface area contributed by atoms with Gasteiger partial charge in [-0.2, -0.15) is 0 Å². The summed E-state index contributed by atoms with van der Waals surface area (Å²) in [6.07, 6.45) is 1.11.